The molecule has 1 fully saturated rings. The Morgan fingerprint density at radius 1 is 1.09 bits per heavy atom. The Morgan fingerprint density at radius 3 is 2.47 bits per heavy atom. The third-order valence-electron chi connectivity index (χ3n) is 7.45. The molecule has 1 saturated heterocycles. The molecule has 0 atom stereocenters. The van der Waals surface area contributed by atoms with Gasteiger partial charge in [-0.3, -0.25) is 0 Å². The molecule has 0 radical (unpaired) electrons. The summed E-state index contributed by atoms with van der Waals surface area (Å²) in [6, 6.07) is 17.7. The van der Waals surface area contributed by atoms with Crippen molar-refractivity contribution in [2.45, 2.75) is 71.6 Å². The minimum absolute atomic E-state index is 0.0596. The molecule has 1 aliphatic heterocycles. The van der Waals surface area contributed by atoms with Gasteiger partial charge in [0.25, 0.3) is 0 Å². The first-order chi connectivity index (χ1) is 20.4. The number of fused-ring (bicyclic) bond motifs is 2. The van der Waals surface area contributed by atoms with E-state index in [1.54, 1.807) is 11.0 Å². The molecule has 3 aromatic carbocycles. The van der Waals surface area contributed by atoms with E-state index < -0.39 is 11.8 Å². The van der Waals surface area contributed by atoms with E-state index in [1.165, 1.54) is 0 Å². The first kappa shape index (κ1) is 29.7. The van der Waals surface area contributed by atoms with Crippen molar-refractivity contribution in [2.75, 3.05) is 18.4 Å². The highest BCUT2D eigenvalue weighted by Crippen LogP contribution is 2.34. The number of nitrogens with zero attached hydrogens (tertiary/aromatic N) is 4. The van der Waals surface area contributed by atoms with Crippen LogP contribution in [0, 0.1) is 11.3 Å². The molecule has 0 unspecified atom stereocenters. The number of carbonyl (C=O) groups is 2. The van der Waals surface area contributed by atoms with Crippen molar-refractivity contribution in [3.63, 3.8) is 0 Å². The summed E-state index contributed by atoms with van der Waals surface area (Å²) in [5, 5.41) is 24.4. The number of nitrogens with one attached hydrogen (secondary N) is 1. The summed E-state index contributed by atoms with van der Waals surface area (Å²) in [6.07, 6.45) is -0.296. The van der Waals surface area contributed by atoms with Crippen molar-refractivity contribution in [1.82, 2.24) is 14.5 Å². The number of piperidine rings is 1. The van der Waals surface area contributed by atoms with E-state index in [4.69, 9.17) is 14.5 Å². The van der Waals surface area contributed by atoms with E-state index in [0.29, 0.717) is 49.2 Å². The highest BCUT2D eigenvalue weighted by Gasteiger charge is 2.27. The fourth-order valence-electron chi connectivity index (χ4n) is 5.49. The van der Waals surface area contributed by atoms with Gasteiger partial charge in [-0.05, 0) is 74.2 Å². The topological polar surface area (TPSA) is 130 Å². The zero-order valence-corrected chi connectivity index (χ0v) is 25.2. The smallest absolute Gasteiger partial charge is 0.449 e. The molecule has 4 aromatic rings. The van der Waals surface area contributed by atoms with Gasteiger partial charge in [0.2, 0.25) is 0 Å². The molecule has 0 bridgehead atoms. The minimum Gasteiger partial charge on any atom is -0.449 e. The highest BCUT2D eigenvalue weighted by atomic mass is 16.7. The zero-order valence-electron chi connectivity index (χ0n) is 25.2. The van der Waals surface area contributed by atoms with Crippen LogP contribution in [0.15, 0.2) is 48.5 Å². The second-order valence-corrected chi connectivity index (χ2v) is 12.3. The lowest BCUT2D eigenvalue weighted by molar-refractivity contribution is 0.0210. The molecule has 0 saturated carbocycles. The number of likely N-dealkylation sites (tertiary alicyclic amines) is 1. The predicted octanol–water partition coefficient (Wildman–Crippen LogP) is 7.10. The molecule has 43 heavy (non-hydrogen) atoms. The number of ether oxygens (including phenoxy) is 2. The van der Waals surface area contributed by atoms with Crippen LogP contribution in [0.3, 0.4) is 0 Å². The fraction of sp³-hybridized carbons (Fsp3) is 0.394. The van der Waals surface area contributed by atoms with Gasteiger partial charge in [0, 0.05) is 43.3 Å². The van der Waals surface area contributed by atoms with Gasteiger partial charge >= 0.3 is 12.2 Å². The molecule has 1 amide bonds. The Labute approximate surface area is 250 Å². The molecule has 5 rings (SSSR count). The Bertz CT molecular complexity index is 1720. The van der Waals surface area contributed by atoms with Gasteiger partial charge in [-0.1, -0.05) is 32.0 Å². The number of carbonyl (C=O) groups excluding carboxylic acids is 1. The molecule has 0 spiro atoms. The lowest BCUT2D eigenvalue weighted by atomic mass is 10.0. The molecule has 10 nitrogen and oxygen atoms in total. The number of hydrogen-bond donors (Lipinski definition) is 2. The van der Waals surface area contributed by atoms with Crippen molar-refractivity contribution in [3.05, 3.63) is 65.5 Å². The van der Waals surface area contributed by atoms with Crippen LogP contribution in [0.5, 0.6) is 5.75 Å². The maximum atomic E-state index is 12.5. The molecule has 2 heterocycles. The van der Waals surface area contributed by atoms with Crippen LogP contribution >= 0.6 is 0 Å². The van der Waals surface area contributed by atoms with Crippen LogP contribution in [0.2, 0.25) is 0 Å². The molecule has 1 aliphatic rings. The second-order valence-electron chi connectivity index (χ2n) is 12.3. The van der Waals surface area contributed by atoms with E-state index in [-0.39, 0.29) is 23.8 Å². The summed E-state index contributed by atoms with van der Waals surface area (Å²) in [5.41, 5.74) is 3.02. The van der Waals surface area contributed by atoms with Crippen LogP contribution in [0.4, 0.5) is 15.3 Å². The Kier molecular flexibility index (Phi) is 8.18. The van der Waals surface area contributed by atoms with Crippen molar-refractivity contribution >= 4 is 39.7 Å². The molecule has 1 aromatic heterocycles. The van der Waals surface area contributed by atoms with Gasteiger partial charge in [0.05, 0.1) is 17.1 Å². The first-order valence-corrected chi connectivity index (χ1v) is 14.5. The summed E-state index contributed by atoms with van der Waals surface area (Å²) < 4.78 is 12.9. The average Bonchev–Trinajstić information content (AvgIpc) is 3.30. The van der Waals surface area contributed by atoms with E-state index >= 15 is 0 Å². The summed E-state index contributed by atoms with van der Waals surface area (Å²) >= 11 is 0. The number of imidazole rings is 1. The van der Waals surface area contributed by atoms with Gasteiger partial charge in [0.15, 0.2) is 5.75 Å². The van der Waals surface area contributed by atoms with Crippen LogP contribution < -0.4 is 10.1 Å². The Hall–Kier alpha value is -4.78. The fourth-order valence-corrected chi connectivity index (χ4v) is 5.49. The van der Waals surface area contributed by atoms with Crippen molar-refractivity contribution < 1.29 is 24.2 Å². The number of aromatic nitrogens is 2. The zero-order chi connectivity index (χ0) is 30.9. The maximum absolute atomic E-state index is 12.5. The lowest BCUT2D eigenvalue weighted by Crippen LogP contribution is -2.44. The van der Waals surface area contributed by atoms with Gasteiger partial charge in [-0.2, -0.15) is 5.26 Å². The number of hydrogen-bond acceptors (Lipinski definition) is 7. The molecular formula is C33H37N5O5. The van der Waals surface area contributed by atoms with Crippen LogP contribution in [-0.4, -0.2) is 56.5 Å². The number of anilines is 1. The number of benzene rings is 3. The maximum Gasteiger partial charge on any atom is 0.511 e. The lowest BCUT2D eigenvalue weighted by Gasteiger charge is -2.34. The molecular weight excluding hydrogens is 546 g/mol. The molecule has 10 heteroatoms. The van der Waals surface area contributed by atoms with E-state index in [0.717, 1.165) is 27.7 Å². The normalized spacial score (nSPS) is 14.2. The largest absolute Gasteiger partial charge is 0.511 e. The van der Waals surface area contributed by atoms with Crippen molar-refractivity contribution in [1.29, 1.82) is 5.26 Å². The quantitative estimate of drug-likeness (QED) is 0.182. The van der Waals surface area contributed by atoms with Crippen molar-refractivity contribution in [3.8, 4) is 11.8 Å². The third-order valence-corrected chi connectivity index (χ3v) is 7.45. The Balaban J connectivity index is 1.46. The molecule has 0 aliphatic carbocycles. The predicted molar refractivity (Wildman–Crippen MR) is 165 cm³/mol. The summed E-state index contributed by atoms with van der Waals surface area (Å²) in [5.74, 6) is 1.03. The van der Waals surface area contributed by atoms with Crippen LogP contribution in [0.25, 0.3) is 21.8 Å². The number of nitriles is 1. The average molecular weight is 584 g/mol. The number of rotatable bonds is 6. The van der Waals surface area contributed by atoms with Gasteiger partial charge < -0.3 is 29.4 Å². The van der Waals surface area contributed by atoms with Gasteiger partial charge in [-0.25, -0.2) is 14.6 Å². The van der Waals surface area contributed by atoms with E-state index in [2.05, 4.69) is 28.1 Å². The van der Waals surface area contributed by atoms with E-state index in [1.807, 2.05) is 65.0 Å². The SMILES string of the molecule is CC(C)c1nc2c(OC(=O)O)cc(NC3CCN(C(=O)OC(C)(C)C)CC3)cc2n1Cc1ccc2ccc(C#N)cc2c1. The summed E-state index contributed by atoms with van der Waals surface area (Å²) in [4.78, 5) is 30.7. The Morgan fingerprint density at radius 2 is 1.81 bits per heavy atom. The van der Waals surface area contributed by atoms with Crippen LogP contribution in [-0.2, 0) is 11.3 Å². The summed E-state index contributed by atoms with van der Waals surface area (Å²) in [7, 11) is 0. The van der Waals surface area contributed by atoms with Crippen LogP contribution in [0.1, 0.15) is 70.3 Å². The summed E-state index contributed by atoms with van der Waals surface area (Å²) in [6.45, 7) is 11.3. The molecule has 2 N–H and O–H groups in total. The first-order valence-electron chi connectivity index (χ1n) is 14.5. The van der Waals surface area contributed by atoms with Gasteiger partial charge in [-0.15, -0.1) is 0 Å². The highest BCUT2D eigenvalue weighted by molar-refractivity contribution is 5.89. The number of amides is 1. The number of carboxylic acid groups (broad SMARTS) is 1. The van der Waals surface area contributed by atoms with Crippen molar-refractivity contribution in [2.24, 2.45) is 0 Å². The van der Waals surface area contributed by atoms with Gasteiger partial charge in [0.1, 0.15) is 16.9 Å². The minimum atomic E-state index is -1.41. The van der Waals surface area contributed by atoms with E-state index in [9.17, 15) is 20.0 Å². The standard InChI is InChI=1S/C33H37N5O5/c1-20(2)30-36-29-27(38(30)19-22-7-9-23-8-6-21(18-34)14-24(23)15-22)16-26(17-28(29)42-32(40)41)35-25-10-12-37(13-11-25)31(39)43-33(3,4)5/h6-9,14-17,20,25,35H,10-13,19H2,1-5H3,(H,40,41). The third kappa shape index (κ3) is 6.83. The molecule has 224 valence electrons. The second kappa shape index (κ2) is 11.8. The monoisotopic (exact) mass is 583 g/mol.